The van der Waals surface area contributed by atoms with E-state index in [0.29, 0.717) is 25.9 Å². The fourth-order valence-corrected chi connectivity index (χ4v) is 2.92. The maximum absolute atomic E-state index is 12.1. The van der Waals surface area contributed by atoms with Crippen LogP contribution in [0, 0.1) is 0 Å². The van der Waals surface area contributed by atoms with Gasteiger partial charge in [0, 0.05) is 17.0 Å². The van der Waals surface area contributed by atoms with E-state index in [1.165, 1.54) is 0 Å². The molecular formula is C12H13N3O2S. The van der Waals surface area contributed by atoms with Crippen LogP contribution < -0.4 is 5.56 Å². The molecule has 3 rings (SSSR count). The van der Waals surface area contributed by atoms with E-state index in [-0.39, 0.29) is 11.5 Å². The summed E-state index contributed by atoms with van der Waals surface area (Å²) in [6.45, 7) is 1.12. The van der Waals surface area contributed by atoms with Gasteiger partial charge in [-0.05, 0) is 17.9 Å². The summed E-state index contributed by atoms with van der Waals surface area (Å²) in [5.74, 6) is 0.116. The summed E-state index contributed by atoms with van der Waals surface area (Å²) < 4.78 is 0. The second kappa shape index (κ2) is 4.45. The lowest BCUT2D eigenvalue weighted by atomic mass is 10.1. The highest BCUT2D eigenvalue weighted by Gasteiger charge is 2.23. The van der Waals surface area contributed by atoms with E-state index in [1.54, 1.807) is 16.2 Å². The van der Waals surface area contributed by atoms with Gasteiger partial charge in [0.25, 0.3) is 5.56 Å². The van der Waals surface area contributed by atoms with Gasteiger partial charge in [-0.3, -0.25) is 14.7 Å². The summed E-state index contributed by atoms with van der Waals surface area (Å²) in [7, 11) is 0. The molecule has 2 N–H and O–H groups in total. The van der Waals surface area contributed by atoms with Gasteiger partial charge in [0.05, 0.1) is 18.7 Å². The quantitative estimate of drug-likeness (QED) is 0.845. The van der Waals surface area contributed by atoms with Crippen molar-refractivity contribution in [1.29, 1.82) is 0 Å². The lowest BCUT2D eigenvalue weighted by molar-refractivity contribution is -0.131. The molecule has 1 aliphatic heterocycles. The highest BCUT2D eigenvalue weighted by molar-refractivity contribution is 7.10. The third-order valence-electron chi connectivity index (χ3n) is 3.20. The number of carbonyl (C=O) groups is 1. The SMILES string of the molecule is O=C(Cc1cccs1)N1CCc2c([nH][nH]c2=O)C1. The summed E-state index contributed by atoms with van der Waals surface area (Å²) in [5, 5.41) is 7.38. The molecule has 94 valence electrons. The second-order valence-corrected chi connectivity index (χ2v) is 5.39. The third-order valence-corrected chi connectivity index (χ3v) is 4.08. The molecule has 0 spiro atoms. The molecule has 3 heterocycles. The Bertz CT molecular complexity index is 612. The molecule has 2 aromatic heterocycles. The van der Waals surface area contributed by atoms with Gasteiger partial charge in [-0.25, -0.2) is 0 Å². The number of aromatic nitrogens is 2. The first-order chi connectivity index (χ1) is 8.74. The van der Waals surface area contributed by atoms with Crippen molar-refractivity contribution in [2.24, 2.45) is 0 Å². The average molecular weight is 263 g/mol. The molecule has 0 bridgehead atoms. The van der Waals surface area contributed by atoms with E-state index in [1.807, 2.05) is 17.5 Å². The van der Waals surface area contributed by atoms with Crippen LogP contribution in [0.25, 0.3) is 0 Å². The van der Waals surface area contributed by atoms with Crippen LogP contribution in [0.3, 0.4) is 0 Å². The van der Waals surface area contributed by atoms with Crippen molar-refractivity contribution in [2.75, 3.05) is 6.54 Å². The van der Waals surface area contributed by atoms with Gasteiger partial charge in [-0.15, -0.1) is 11.3 Å². The Morgan fingerprint density at radius 1 is 1.44 bits per heavy atom. The molecule has 18 heavy (non-hydrogen) atoms. The van der Waals surface area contributed by atoms with Crippen LogP contribution >= 0.6 is 11.3 Å². The zero-order valence-electron chi connectivity index (χ0n) is 9.73. The molecule has 0 unspecified atom stereocenters. The third kappa shape index (κ3) is 1.99. The van der Waals surface area contributed by atoms with E-state index in [9.17, 15) is 9.59 Å². The average Bonchev–Trinajstić information content (AvgIpc) is 2.99. The molecule has 0 saturated carbocycles. The minimum absolute atomic E-state index is 0.0599. The van der Waals surface area contributed by atoms with Gasteiger partial charge < -0.3 is 10.00 Å². The van der Waals surface area contributed by atoms with E-state index >= 15 is 0 Å². The zero-order chi connectivity index (χ0) is 12.5. The number of hydrogen-bond donors (Lipinski definition) is 2. The second-order valence-electron chi connectivity index (χ2n) is 4.36. The van der Waals surface area contributed by atoms with Crippen LogP contribution in [0.5, 0.6) is 0 Å². The molecule has 5 nitrogen and oxygen atoms in total. The number of carbonyl (C=O) groups excluding carboxylic acids is 1. The Balaban J connectivity index is 1.72. The standard InChI is InChI=1S/C12H13N3O2S/c16-11(6-8-2-1-5-18-8)15-4-3-9-10(7-15)13-14-12(9)17/h1-2,5H,3-4,6-7H2,(H2,13,14,17). The number of thiophene rings is 1. The van der Waals surface area contributed by atoms with E-state index < -0.39 is 0 Å². The van der Waals surface area contributed by atoms with Crippen molar-refractivity contribution < 1.29 is 4.79 Å². The normalized spacial score (nSPS) is 14.6. The summed E-state index contributed by atoms with van der Waals surface area (Å²) in [6.07, 6.45) is 1.08. The number of H-pyrrole nitrogens is 2. The number of hydrogen-bond acceptors (Lipinski definition) is 3. The van der Waals surface area contributed by atoms with Crippen molar-refractivity contribution >= 4 is 17.2 Å². The minimum atomic E-state index is -0.0599. The highest BCUT2D eigenvalue weighted by Crippen LogP contribution is 2.16. The van der Waals surface area contributed by atoms with E-state index in [0.717, 1.165) is 16.1 Å². The number of nitrogens with zero attached hydrogens (tertiary/aromatic N) is 1. The van der Waals surface area contributed by atoms with Crippen molar-refractivity contribution in [3.63, 3.8) is 0 Å². The predicted molar refractivity (Wildman–Crippen MR) is 68.6 cm³/mol. The number of aromatic amines is 2. The molecule has 1 aliphatic rings. The fourth-order valence-electron chi connectivity index (χ4n) is 2.22. The van der Waals surface area contributed by atoms with Crippen LogP contribution in [0.2, 0.25) is 0 Å². The van der Waals surface area contributed by atoms with Crippen LogP contribution in [-0.2, 0) is 24.2 Å². The molecular weight excluding hydrogens is 250 g/mol. The Morgan fingerprint density at radius 2 is 2.33 bits per heavy atom. The molecule has 2 aromatic rings. The first-order valence-electron chi connectivity index (χ1n) is 5.82. The molecule has 0 radical (unpaired) electrons. The lowest BCUT2D eigenvalue weighted by Crippen LogP contribution is -2.37. The molecule has 0 aliphatic carbocycles. The summed E-state index contributed by atoms with van der Waals surface area (Å²) >= 11 is 1.59. The van der Waals surface area contributed by atoms with E-state index in [2.05, 4.69) is 10.2 Å². The first kappa shape index (κ1) is 11.3. The van der Waals surface area contributed by atoms with Crippen molar-refractivity contribution in [1.82, 2.24) is 15.1 Å². The maximum atomic E-state index is 12.1. The summed E-state index contributed by atoms with van der Waals surface area (Å²) in [6, 6.07) is 3.92. The first-order valence-corrected chi connectivity index (χ1v) is 6.70. The largest absolute Gasteiger partial charge is 0.336 e. The topological polar surface area (TPSA) is 69.0 Å². The van der Waals surface area contributed by atoms with Gasteiger partial charge in [-0.1, -0.05) is 6.07 Å². The molecule has 6 heteroatoms. The van der Waals surface area contributed by atoms with Crippen LogP contribution in [0.4, 0.5) is 0 Å². The van der Waals surface area contributed by atoms with Crippen molar-refractivity contribution in [2.45, 2.75) is 19.4 Å². The van der Waals surface area contributed by atoms with Gasteiger partial charge in [0.15, 0.2) is 0 Å². The van der Waals surface area contributed by atoms with Gasteiger partial charge >= 0.3 is 0 Å². The molecule has 0 saturated heterocycles. The Hall–Kier alpha value is -1.82. The van der Waals surface area contributed by atoms with Gasteiger partial charge in [0.1, 0.15) is 0 Å². The number of fused-ring (bicyclic) bond motifs is 1. The van der Waals surface area contributed by atoms with Crippen LogP contribution in [0.15, 0.2) is 22.3 Å². The van der Waals surface area contributed by atoms with E-state index in [4.69, 9.17) is 0 Å². The fraction of sp³-hybridized carbons (Fsp3) is 0.333. The lowest BCUT2D eigenvalue weighted by Gasteiger charge is -2.26. The smallest absolute Gasteiger partial charge is 0.267 e. The molecule has 0 fully saturated rings. The predicted octanol–water partition coefficient (Wildman–Crippen LogP) is 0.892. The Morgan fingerprint density at radius 3 is 3.11 bits per heavy atom. The molecule has 1 amide bonds. The Kier molecular flexibility index (Phi) is 2.79. The number of rotatable bonds is 2. The maximum Gasteiger partial charge on any atom is 0.267 e. The summed E-state index contributed by atoms with van der Waals surface area (Å²) in [5.41, 5.74) is 1.57. The highest BCUT2D eigenvalue weighted by atomic mass is 32.1. The van der Waals surface area contributed by atoms with Crippen LogP contribution in [-0.4, -0.2) is 27.5 Å². The monoisotopic (exact) mass is 263 g/mol. The van der Waals surface area contributed by atoms with Crippen molar-refractivity contribution in [3.8, 4) is 0 Å². The number of nitrogens with one attached hydrogen (secondary N) is 2. The Labute approximate surface area is 107 Å². The number of amides is 1. The van der Waals surface area contributed by atoms with Gasteiger partial charge in [-0.2, -0.15) is 0 Å². The molecule has 0 atom stereocenters. The van der Waals surface area contributed by atoms with Gasteiger partial charge in [0.2, 0.25) is 5.91 Å². The minimum Gasteiger partial charge on any atom is -0.336 e. The molecule has 0 aromatic carbocycles. The van der Waals surface area contributed by atoms with Crippen LogP contribution in [0.1, 0.15) is 16.1 Å². The summed E-state index contributed by atoms with van der Waals surface area (Å²) in [4.78, 5) is 26.4. The zero-order valence-corrected chi connectivity index (χ0v) is 10.5. The van der Waals surface area contributed by atoms with Crippen molar-refractivity contribution in [3.05, 3.63) is 44.0 Å².